The topological polar surface area (TPSA) is 31.4 Å². The van der Waals surface area contributed by atoms with Crippen LogP contribution in [0.15, 0.2) is 36.4 Å². The molecule has 3 nitrogen and oxygen atoms in total. The first-order valence-corrected chi connectivity index (χ1v) is 6.46. The van der Waals surface area contributed by atoms with Crippen molar-refractivity contribution < 1.29 is 9.47 Å². The molecular formula is C14H13Cl2NO2. The predicted molar refractivity (Wildman–Crippen MR) is 75.7 cm³/mol. The highest BCUT2D eigenvalue weighted by molar-refractivity contribution is 6.32. The molecule has 1 aromatic carbocycles. The van der Waals surface area contributed by atoms with E-state index in [2.05, 4.69) is 4.98 Å². The number of rotatable bonds is 5. The fourth-order valence-corrected chi connectivity index (χ4v) is 1.95. The van der Waals surface area contributed by atoms with E-state index in [1.807, 2.05) is 30.3 Å². The minimum atomic E-state index is 0.377. The second-order valence-corrected chi connectivity index (χ2v) is 4.67. The predicted octanol–water partition coefficient (Wildman–Crippen LogP) is 4.11. The Morgan fingerprint density at radius 2 is 1.74 bits per heavy atom. The van der Waals surface area contributed by atoms with E-state index in [1.165, 1.54) is 0 Å². The van der Waals surface area contributed by atoms with Gasteiger partial charge in [-0.1, -0.05) is 41.4 Å². The Hall–Kier alpha value is -1.29. The quantitative estimate of drug-likeness (QED) is 0.778. The van der Waals surface area contributed by atoms with E-state index in [0.29, 0.717) is 23.5 Å². The first-order chi connectivity index (χ1) is 9.19. The molecule has 0 radical (unpaired) electrons. The van der Waals surface area contributed by atoms with Crippen LogP contribution in [0.5, 0.6) is 5.75 Å². The zero-order valence-corrected chi connectivity index (χ0v) is 11.9. The van der Waals surface area contributed by atoms with Gasteiger partial charge in [0.15, 0.2) is 0 Å². The summed E-state index contributed by atoms with van der Waals surface area (Å²) in [5.74, 6) is 0.827. The van der Waals surface area contributed by atoms with Crippen LogP contribution in [0.2, 0.25) is 10.3 Å². The van der Waals surface area contributed by atoms with Crippen molar-refractivity contribution >= 4 is 23.2 Å². The SMILES string of the molecule is COc1ccc(COCc2ccc(Cl)nc2Cl)cc1. The van der Waals surface area contributed by atoms with Crippen molar-refractivity contribution in [1.82, 2.24) is 4.98 Å². The number of pyridine rings is 1. The first-order valence-electron chi connectivity index (χ1n) is 5.70. The van der Waals surface area contributed by atoms with E-state index in [9.17, 15) is 0 Å². The summed E-state index contributed by atoms with van der Waals surface area (Å²) in [6, 6.07) is 11.2. The normalized spacial score (nSPS) is 10.5. The summed E-state index contributed by atoms with van der Waals surface area (Å²) in [7, 11) is 1.64. The lowest BCUT2D eigenvalue weighted by molar-refractivity contribution is 0.107. The van der Waals surface area contributed by atoms with Crippen molar-refractivity contribution in [2.75, 3.05) is 7.11 Å². The van der Waals surface area contributed by atoms with Gasteiger partial charge in [0.25, 0.3) is 0 Å². The largest absolute Gasteiger partial charge is 0.497 e. The Morgan fingerprint density at radius 1 is 1.00 bits per heavy atom. The van der Waals surface area contributed by atoms with Gasteiger partial charge >= 0.3 is 0 Å². The van der Waals surface area contributed by atoms with Crippen LogP contribution in [0, 0.1) is 0 Å². The maximum Gasteiger partial charge on any atom is 0.136 e. The number of hydrogen-bond acceptors (Lipinski definition) is 3. The molecular weight excluding hydrogens is 285 g/mol. The van der Waals surface area contributed by atoms with Crippen molar-refractivity contribution in [2.45, 2.75) is 13.2 Å². The Morgan fingerprint density at radius 3 is 2.37 bits per heavy atom. The zero-order chi connectivity index (χ0) is 13.7. The van der Waals surface area contributed by atoms with Crippen LogP contribution in [0.4, 0.5) is 0 Å². The summed E-state index contributed by atoms with van der Waals surface area (Å²) in [6.45, 7) is 0.901. The average molecular weight is 298 g/mol. The van der Waals surface area contributed by atoms with Gasteiger partial charge in [0.05, 0.1) is 20.3 Å². The fraction of sp³-hybridized carbons (Fsp3) is 0.214. The van der Waals surface area contributed by atoms with Crippen molar-refractivity contribution in [2.24, 2.45) is 0 Å². The standard InChI is InChI=1S/C14H13Cl2NO2/c1-18-12-5-2-10(3-6-12)8-19-9-11-4-7-13(15)17-14(11)16/h2-7H,8-9H2,1H3. The molecule has 1 heterocycles. The second kappa shape index (κ2) is 6.75. The maximum atomic E-state index is 5.96. The highest BCUT2D eigenvalue weighted by Gasteiger charge is 2.03. The smallest absolute Gasteiger partial charge is 0.136 e. The zero-order valence-electron chi connectivity index (χ0n) is 10.4. The van der Waals surface area contributed by atoms with Gasteiger partial charge in [-0.05, 0) is 23.8 Å². The number of halogens is 2. The first kappa shape index (κ1) is 14.1. The molecule has 0 unspecified atom stereocenters. The number of benzene rings is 1. The van der Waals surface area contributed by atoms with Gasteiger partial charge in [-0.25, -0.2) is 4.98 Å². The second-order valence-electron chi connectivity index (χ2n) is 3.92. The lowest BCUT2D eigenvalue weighted by Crippen LogP contribution is -1.96. The molecule has 0 atom stereocenters. The summed E-state index contributed by atoms with van der Waals surface area (Å²) in [4.78, 5) is 3.96. The molecule has 5 heteroatoms. The van der Waals surface area contributed by atoms with Crippen LogP contribution in [0.1, 0.15) is 11.1 Å². The van der Waals surface area contributed by atoms with Crippen molar-refractivity contribution in [1.29, 1.82) is 0 Å². The molecule has 19 heavy (non-hydrogen) atoms. The van der Waals surface area contributed by atoms with Crippen LogP contribution in [0.25, 0.3) is 0 Å². The molecule has 100 valence electrons. The van der Waals surface area contributed by atoms with E-state index in [0.717, 1.165) is 16.9 Å². The molecule has 0 aliphatic heterocycles. The molecule has 0 amide bonds. The minimum absolute atomic E-state index is 0.377. The third kappa shape index (κ3) is 4.10. The molecule has 0 saturated carbocycles. The number of nitrogens with zero attached hydrogens (tertiary/aromatic N) is 1. The highest BCUT2D eigenvalue weighted by atomic mass is 35.5. The molecule has 0 saturated heterocycles. The van der Waals surface area contributed by atoms with Crippen LogP contribution in [0.3, 0.4) is 0 Å². The molecule has 0 aliphatic rings. The summed E-state index contributed by atoms with van der Waals surface area (Å²) >= 11 is 11.7. The lowest BCUT2D eigenvalue weighted by Gasteiger charge is -2.07. The Balaban J connectivity index is 1.88. The molecule has 1 aromatic heterocycles. The molecule has 0 spiro atoms. The van der Waals surface area contributed by atoms with Crippen molar-refractivity contribution in [3.63, 3.8) is 0 Å². The van der Waals surface area contributed by atoms with Crippen molar-refractivity contribution in [3.05, 3.63) is 57.8 Å². The Kier molecular flexibility index (Phi) is 5.02. The number of methoxy groups -OCH3 is 1. The van der Waals surface area contributed by atoms with Gasteiger partial charge < -0.3 is 9.47 Å². The molecule has 0 N–H and O–H groups in total. The third-order valence-corrected chi connectivity index (χ3v) is 3.12. The van der Waals surface area contributed by atoms with Crippen LogP contribution in [-0.2, 0) is 18.0 Å². The summed E-state index contributed by atoms with van der Waals surface area (Å²) in [6.07, 6.45) is 0. The summed E-state index contributed by atoms with van der Waals surface area (Å²) < 4.78 is 10.7. The molecule has 0 aliphatic carbocycles. The molecule has 2 aromatic rings. The van der Waals surface area contributed by atoms with Gasteiger partial charge in [-0.3, -0.25) is 0 Å². The maximum absolute atomic E-state index is 5.96. The number of aromatic nitrogens is 1. The van der Waals surface area contributed by atoms with Crippen LogP contribution in [-0.4, -0.2) is 12.1 Å². The van der Waals surface area contributed by atoms with Gasteiger partial charge in [-0.15, -0.1) is 0 Å². The van der Waals surface area contributed by atoms with Gasteiger partial charge in [0, 0.05) is 5.56 Å². The Bertz CT molecular complexity index is 544. The van der Waals surface area contributed by atoms with Gasteiger partial charge in [0.2, 0.25) is 0 Å². The van der Waals surface area contributed by atoms with Crippen LogP contribution >= 0.6 is 23.2 Å². The molecule has 0 fully saturated rings. The van der Waals surface area contributed by atoms with Gasteiger partial charge in [-0.2, -0.15) is 0 Å². The summed E-state index contributed by atoms with van der Waals surface area (Å²) in [5, 5.41) is 0.756. The monoisotopic (exact) mass is 297 g/mol. The van der Waals surface area contributed by atoms with Gasteiger partial charge in [0.1, 0.15) is 16.1 Å². The fourth-order valence-electron chi connectivity index (χ4n) is 1.55. The minimum Gasteiger partial charge on any atom is -0.497 e. The van der Waals surface area contributed by atoms with E-state index in [1.54, 1.807) is 13.2 Å². The van der Waals surface area contributed by atoms with E-state index < -0.39 is 0 Å². The lowest BCUT2D eigenvalue weighted by atomic mass is 10.2. The third-order valence-electron chi connectivity index (χ3n) is 2.58. The molecule has 0 bridgehead atoms. The molecule has 2 rings (SSSR count). The average Bonchev–Trinajstić information content (AvgIpc) is 2.42. The van der Waals surface area contributed by atoms with Crippen LogP contribution < -0.4 is 4.74 Å². The Labute approximate surface area is 122 Å². The number of hydrogen-bond donors (Lipinski definition) is 0. The van der Waals surface area contributed by atoms with E-state index >= 15 is 0 Å². The summed E-state index contributed by atoms with van der Waals surface area (Å²) in [5.41, 5.74) is 1.89. The van der Waals surface area contributed by atoms with E-state index in [-0.39, 0.29) is 0 Å². The number of ether oxygens (including phenoxy) is 2. The highest BCUT2D eigenvalue weighted by Crippen LogP contribution is 2.18. The van der Waals surface area contributed by atoms with E-state index in [4.69, 9.17) is 32.7 Å². The van der Waals surface area contributed by atoms with Crippen molar-refractivity contribution in [3.8, 4) is 5.75 Å².